The Morgan fingerprint density at radius 1 is 0.968 bits per heavy atom. The molecule has 9 nitrogen and oxygen atoms in total. The number of halogens is 1. The maximum absolute atomic E-state index is 12.5. The first kappa shape index (κ1) is 21.0. The molecule has 4 N–H and O–H groups in total. The molecule has 1 aliphatic rings. The first-order chi connectivity index (χ1) is 14.6. The van der Waals surface area contributed by atoms with Crippen molar-refractivity contribution in [2.75, 3.05) is 10.0 Å². The summed E-state index contributed by atoms with van der Waals surface area (Å²) in [4.78, 5) is 3.94. The molecule has 0 radical (unpaired) electrons. The predicted molar refractivity (Wildman–Crippen MR) is 118 cm³/mol. The van der Waals surface area contributed by atoms with Crippen molar-refractivity contribution in [2.24, 2.45) is 4.99 Å². The van der Waals surface area contributed by atoms with Crippen molar-refractivity contribution >= 4 is 54.7 Å². The molecule has 1 heterocycles. The van der Waals surface area contributed by atoms with Gasteiger partial charge in [0.15, 0.2) is 0 Å². The van der Waals surface area contributed by atoms with Gasteiger partial charge in [-0.2, -0.15) is 0 Å². The summed E-state index contributed by atoms with van der Waals surface area (Å²) in [7, 11) is -7.83. The maximum Gasteiger partial charge on any atom is 0.266 e. The second kappa shape index (κ2) is 7.76. The molecule has 0 bridgehead atoms. The molecule has 0 amide bonds. The fraction of sp³-hybridized carbons (Fsp3) is 0. The fourth-order valence-corrected chi connectivity index (χ4v) is 5.35. The van der Waals surface area contributed by atoms with E-state index in [1.165, 1.54) is 30.3 Å². The van der Waals surface area contributed by atoms with Gasteiger partial charge in [0.1, 0.15) is 16.3 Å². The van der Waals surface area contributed by atoms with Gasteiger partial charge in [0.2, 0.25) is 5.96 Å². The Bertz CT molecular complexity index is 1410. The van der Waals surface area contributed by atoms with E-state index in [4.69, 9.17) is 11.6 Å². The van der Waals surface area contributed by atoms with Crippen LogP contribution in [-0.2, 0) is 20.0 Å². The van der Waals surface area contributed by atoms with Crippen molar-refractivity contribution in [3.63, 3.8) is 0 Å². The van der Waals surface area contributed by atoms with Gasteiger partial charge in [-0.1, -0.05) is 35.9 Å². The normalized spacial score (nSPS) is 14.7. The zero-order chi connectivity index (χ0) is 22.2. The molecule has 0 aromatic heterocycles. The van der Waals surface area contributed by atoms with E-state index in [2.05, 4.69) is 19.8 Å². The summed E-state index contributed by atoms with van der Waals surface area (Å²) in [5.41, 5.74) is 0.446. The van der Waals surface area contributed by atoms with E-state index in [1.807, 2.05) is 0 Å². The second-order valence-corrected chi connectivity index (χ2v) is 10.2. The molecule has 1 aliphatic heterocycles. The summed E-state index contributed by atoms with van der Waals surface area (Å²) in [6.07, 6.45) is 0. The number of guanidine groups is 1. The second-order valence-electron chi connectivity index (χ2n) is 6.46. The highest BCUT2D eigenvalue weighted by molar-refractivity contribution is 7.92. The number of hydrogen-bond donors (Lipinski definition) is 4. The lowest BCUT2D eigenvalue weighted by Gasteiger charge is -2.20. The molecular weight excluding hydrogens is 464 g/mol. The zero-order valence-electron chi connectivity index (χ0n) is 15.6. The molecule has 0 saturated carbocycles. The van der Waals surface area contributed by atoms with Crippen molar-refractivity contribution in [1.82, 2.24) is 4.72 Å². The maximum atomic E-state index is 12.5. The zero-order valence-corrected chi connectivity index (χ0v) is 18.0. The summed E-state index contributed by atoms with van der Waals surface area (Å²) in [5.74, 6) is -0.565. The number of sulfonamides is 2. The minimum absolute atomic E-state index is 0.0478. The van der Waals surface area contributed by atoms with Crippen molar-refractivity contribution in [3.05, 3.63) is 71.8 Å². The number of aliphatic imine (C=N–C) groups is 1. The van der Waals surface area contributed by atoms with Gasteiger partial charge in [-0.3, -0.25) is 4.72 Å². The van der Waals surface area contributed by atoms with E-state index in [1.54, 1.807) is 36.4 Å². The average Bonchev–Trinajstić information content (AvgIpc) is 2.69. The van der Waals surface area contributed by atoms with Gasteiger partial charge in [0.25, 0.3) is 20.0 Å². The number of nitrogens with zero attached hydrogens (tertiary/aromatic N) is 1. The first-order valence-electron chi connectivity index (χ1n) is 8.73. The average molecular weight is 479 g/mol. The minimum Gasteiger partial charge on any atom is -0.506 e. The number of nitrogens with one attached hydrogen (secondary N) is 3. The highest BCUT2D eigenvalue weighted by Crippen LogP contribution is 2.38. The number of phenolic OH excluding ortho intramolecular Hbond substituents is 1. The van der Waals surface area contributed by atoms with Gasteiger partial charge in [0.05, 0.1) is 10.6 Å². The summed E-state index contributed by atoms with van der Waals surface area (Å²) in [6, 6.07) is 16.4. The topological polar surface area (TPSA) is 137 Å². The molecule has 4 rings (SSSR count). The molecule has 0 fully saturated rings. The van der Waals surface area contributed by atoms with Crippen LogP contribution >= 0.6 is 11.6 Å². The number of rotatable bonds is 4. The summed E-state index contributed by atoms with van der Waals surface area (Å²) >= 11 is 5.82. The lowest BCUT2D eigenvalue weighted by atomic mass is 10.3. The smallest absolute Gasteiger partial charge is 0.266 e. The Morgan fingerprint density at radius 2 is 1.68 bits per heavy atom. The fourth-order valence-electron chi connectivity index (χ4n) is 2.86. The summed E-state index contributed by atoms with van der Waals surface area (Å²) in [6.45, 7) is 0. The quantitative estimate of drug-likeness (QED) is 0.454. The van der Waals surface area contributed by atoms with Crippen molar-refractivity contribution in [3.8, 4) is 5.75 Å². The third-order valence-electron chi connectivity index (χ3n) is 4.19. The molecular formula is C19H15ClN4O5S2. The lowest BCUT2D eigenvalue weighted by Crippen LogP contribution is -2.38. The Kier molecular flexibility index (Phi) is 5.25. The molecule has 0 saturated heterocycles. The van der Waals surface area contributed by atoms with Crippen LogP contribution < -0.4 is 14.8 Å². The van der Waals surface area contributed by atoms with Gasteiger partial charge in [-0.25, -0.2) is 26.6 Å². The van der Waals surface area contributed by atoms with Crippen molar-refractivity contribution in [1.29, 1.82) is 0 Å². The van der Waals surface area contributed by atoms with Gasteiger partial charge < -0.3 is 10.4 Å². The van der Waals surface area contributed by atoms with Crippen molar-refractivity contribution < 1.29 is 21.9 Å². The molecule has 0 spiro atoms. The van der Waals surface area contributed by atoms with Gasteiger partial charge in [0, 0.05) is 16.8 Å². The van der Waals surface area contributed by atoms with Gasteiger partial charge in [-0.15, -0.1) is 0 Å². The molecule has 3 aromatic rings. The minimum atomic E-state index is -4.03. The highest BCUT2D eigenvalue weighted by Gasteiger charge is 2.28. The van der Waals surface area contributed by atoms with E-state index in [9.17, 15) is 21.9 Å². The van der Waals surface area contributed by atoms with Crippen LogP contribution in [0.3, 0.4) is 0 Å². The van der Waals surface area contributed by atoms with Crippen LogP contribution in [0.4, 0.5) is 17.1 Å². The molecule has 12 heteroatoms. The number of anilines is 2. The van der Waals surface area contributed by atoms with Crippen LogP contribution in [0.1, 0.15) is 0 Å². The molecule has 31 heavy (non-hydrogen) atoms. The Morgan fingerprint density at radius 3 is 2.42 bits per heavy atom. The first-order valence-corrected chi connectivity index (χ1v) is 12.1. The Labute approximate surface area is 183 Å². The number of fused-ring (bicyclic) bond motifs is 1. The van der Waals surface area contributed by atoms with Crippen LogP contribution in [-0.4, -0.2) is 27.9 Å². The third-order valence-corrected chi connectivity index (χ3v) is 7.16. The van der Waals surface area contributed by atoms with Crippen LogP contribution in [0.25, 0.3) is 0 Å². The van der Waals surface area contributed by atoms with E-state index < -0.39 is 25.8 Å². The highest BCUT2D eigenvalue weighted by atomic mass is 35.5. The Hall–Kier alpha value is -3.28. The van der Waals surface area contributed by atoms with E-state index in [-0.39, 0.29) is 32.1 Å². The molecule has 3 aromatic carbocycles. The standard InChI is InChI=1S/C19H15ClN4O5S2/c20-12-9-16(25)18-17(10-12)31(28,29)24-19(22-18)21-13-5-4-6-14(11-13)23-30(26,27)15-7-2-1-3-8-15/h1-11,23,25H,(H2,21,22,24). The molecule has 0 atom stereocenters. The van der Waals surface area contributed by atoms with E-state index in [0.717, 1.165) is 0 Å². The van der Waals surface area contributed by atoms with Crippen LogP contribution in [0.2, 0.25) is 5.02 Å². The summed E-state index contributed by atoms with van der Waals surface area (Å²) < 4.78 is 54.7. The Balaban J connectivity index is 1.62. The van der Waals surface area contributed by atoms with Crippen LogP contribution in [0, 0.1) is 0 Å². The summed E-state index contributed by atoms with van der Waals surface area (Å²) in [5, 5.41) is 12.9. The molecule has 0 aliphatic carbocycles. The van der Waals surface area contributed by atoms with Crippen molar-refractivity contribution in [2.45, 2.75) is 9.79 Å². The number of phenols is 1. The molecule has 160 valence electrons. The van der Waals surface area contributed by atoms with Crippen LogP contribution in [0.5, 0.6) is 5.75 Å². The predicted octanol–water partition coefficient (Wildman–Crippen LogP) is 3.24. The van der Waals surface area contributed by atoms with E-state index in [0.29, 0.717) is 5.69 Å². The monoisotopic (exact) mass is 478 g/mol. The SMILES string of the molecule is O=S(=O)(Nc1cccc(NC2=Nc3c(O)cc(Cl)cc3S(=O)(=O)N2)c1)c1ccccc1. The largest absolute Gasteiger partial charge is 0.506 e. The number of hydrogen-bond acceptors (Lipinski definition) is 7. The third kappa shape index (κ3) is 4.43. The number of aromatic hydroxyl groups is 1. The number of benzene rings is 3. The lowest BCUT2D eigenvalue weighted by molar-refractivity contribution is 0.474. The van der Waals surface area contributed by atoms with Gasteiger partial charge in [-0.05, 0) is 36.4 Å². The van der Waals surface area contributed by atoms with E-state index >= 15 is 0 Å². The van der Waals surface area contributed by atoms with Gasteiger partial charge >= 0.3 is 0 Å². The molecule has 0 unspecified atom stereocenters. The van der Waals surface area contributed by atoms with Crippen LogP contribution in [0.15, 0.2) is 81.5 Å².